The summed E-state index contributed by atoms with van der Waals surface area (Å²) in [7, 11) is 0. The van der Waals surface area contributed by atoms with Crippen LogP contribution in [0.4, 0.5) is 0 Å². The van der Waals surface area contributed by atoms with Gasteiger partial charge in [0.1, 0.15) is 0 Å². The number of aliphatic hydroxyl groups is 1. The Balaban J connectivity index is 2.36. The zero-order chi connectivity index (χ0) is 10.1. The van der Waals surface area contributed by atoms with Crippen molar-refractivity contribution in [3.8, 4) is 0 Å². The van der Waals surface area contributed by atoms with E-state index in [1.807, 2.05) is 18.2 Å². The first-order valence-corrected chi connectivity index (χ1v) is 4.97. The summed E-state index contributed by atoms with van der Waals surface area (Å²) in [5.41, 5.74) is 3.19. The molecule has 2 rings (SSSR count). The Kier molecular flexibility index (Phi) is 2.38. The zero-order valence-corrected chi connectivity index (χ0v) is 8.29. The molecule has 1 unspecified atom stereocenters. The van der Waals surface area contributed by atoms with Crippen LogP contribution in [-0.2, 0) is 12.8 Å². The lowest BCUT2D eigenvalue weighted by Gasteiger charge is -2.20. The summed E-state index contributed by atoms with van der Waals surface area (Å²) in [5.74, 6) is 0.110. The van der Waals surface area contributed by atoms with E-state index in [-0.39, 0.29) is 11.9 Å². The SMILES string of the molecule is CC(=O)c1ccc2c(c1)CCC(O)C2. The predicted octanol–water partition coefficient (Wildman–Crippen LogP) is 1.74. The lowest BCUT2D eigenvalue weighted by molar-refractivity contribution is 0.101. The summed E-state index contributed by atoms with van der Waals surface area (Å²) in [5, 5.41) is 9.47. The summed E-state index contributed by atoms with van der Waals surface area (Å²) in [4.78, 5) is 11.1. The Bertz CT molecular complexity index is 369. The van der Waals surface area contributed by atoms with Crippen molar-refractivity contribution in [3.05, 3.63) is 34.9 Å². The predicted molar refractivity (Wildman–Crippen MR) is 54.5 cm³/mol. The quantitative estimate of drug-likeness (QED) is 0.685. The van der Waals surface area contributed by atoms with E-state index >= 15 is 0 Å². The van der Waals surface area contributed by atoms with Crippen LogP contribution >= 0.6 is 0 Å². The molecule has 1 atom stereocenters. The summed E-state index contributed by atoms with van der Waals surface area (Å²) in [6.45, 7) is 1.58. The van der Waals surface area contributed by atoms with Gasteiger partial charge in [0.25, 0.3) is 0 Å². The van der Waals surface area contributed by atoms with Crippen LogP contribution in [0.1, 0.15) is 34.8 Å². The van der Waals surface area contributed by atoms with Gasteiger partial charge in [0.15, 0.2) is 5.78 Å². The van der Waals surface area contributed by atoms with Crippen LogP contribution in [0, 0.1) is 0 Å². The Morgan fingerprint density at radius 1 is 1.43 bits per heavy atom. The first kappa shape index (κ1) is 9.41. The molecule has 0 amide bonds. The number of benzene rings is 1. The molecule has 1 N–H and O–H groups in total. The van der Waals surface area contributed by atoms with Crippen LogP contribution in [0.25, 0.3) is 0 Å². The molecule has 0 spiro atoms. The van der Waals surface area contributed by atoms with E-state index in [2.05, 4.69) is 0 Å². The highest BCUT2D eigenvalue weighted by Crippen LogP contribution is 2.22. The van der Waals surface area contributed by atoms with Gasteiger partial charge < -0.3 is 5.11 Å². The van der Waals surface area contributed by atoms with Gasteiger partial charge in [-0.05, 0) is 43.4 Å². The molecule has 2 heteroatoms. The fourth-order valence-electron chi connectivity index (χ4n) is 1.95. The first-order chi connectivity index (χ1) is 6.66. The molecule has 0 radical (unpaired) electrons. The van der Waals surface area contributed by atoms with Gasteiger partial charge in [-0.3, -0.25) is 4.79 Å². The Labute approximate surface area is 83.6 Å². The number of rotatable bonds is 1. The topological polar surface area (TPSA) is 37.3 Å². The summed E-state index contributed by atoms with van der Waals surface area (Å²) < 4.78 is 0. The summed E-state index contributed by atoms with van der Waals surface area (Å²) in [6.07, 6.45) is 2.23. The molecule has 0 saturated heterocycles. The molecule has 2 nitrogen and oxygen atoms in total. The van der Waals surface area contributed by atoms with Crippen molar-refractivity contribution in [2.45, 2.75) is 32.3 Å². The first-order valence-electron chi connectivity index (χ1n) is 4.97. The second-order valence-electron chi connectivity index (χ2n) is 3.94. The normalized spacial score (nSPS) is 20.3. The maximum atomic E-state index is 11.1. The van der Waals surface area contributed by atoms with Crippen molar-refractivity contribution in [2.75, 3.05) is 0 Å². The van der Waals surface area contributed by atoms with Crippen LogP contribution < -0.4 is 0 Å². The molecule has 0 aliphatic heterocycles. The molecule has 0 heterocycles. The smallest absolute Gasteiger partial charge is 0.159 e. The van der Waals surface area contributed by atoms with Crippen molar-refractivity contribution in [2.24, 2.45) is 0 Å². The van der Waals surface area contributed by atoms with Crippen LogP contribution in [0.2, 0.25) is 0 Å². The molecule has 74 valence electrons. The largest absolute Gasteiger partial charge is 0.393 e. The molecule has 0 saturated carbocycles. The number of aliphatic hydroxyl groups excluding tert-OH is 1. The number of aryl methyl sites for hydroxylation is 1. The van der Waals surface area contributed by atoms with E-state index in [4.69, 9.17) is 0 Å². The highest BCUT2D eigenvalue weighted by Gasteiger charge is 2.16. The third kappa shape index (κ3) is 1.70. The van der Waals surface area contributed by atoms with Crippen molar-refractivity contribution in [1.29, 1.82) is 0 Å². The fraction of sp³-hybridized carbons (Fsp3) is 0.417. The zero-order valence-electron chi connectivity index (χ0n) is 8.29. The number of hydrogen-bond acceptors (Lipinski definition) is 2. The second-order valence-corrected chi connectivity index (χ2v) is 3.94. The van der Waals surface area contributed by atoms with E-state index < -0.39 is 0 Å². The number of carbonyl (C=O) groups is 1. The lowest BCUT2D eigenvalue weighted by Crippen LogP contribution is -2.18. The van der Waals surface area contributed by atoms with Crippen molar-refractivity contribution >= 4 is 5.78 Å². The molecule has 0 fully saturated rings. The van der Waals surface area contributed by atoms with E-state index in [1.54, 1.807) is 6.92 Å². The molecule has 1 aliphatic rings. The van der Waals surface area contributed by atoms with E-state index in [1.165, 1.54) is 11.1 Å². The summed E-state index contributed by atoms with van der Waals surface area (Å²) >= 11 is 0. The third-order valence-electron chi connectivity index (χ3n) is 2.82. The Morgan fingerprint density at radius 2 is 2.21 bits per heavy atom. The third-order valence-corrected chi connectivity index (χ3v) is 2.82. The average molecular weight is 190 g/mol. The molecule has 1 aliphatic carbocycles. The van der Waals surface area contributed by atoms with Gasteiger partial charge in [-0.15, -0.1) is 0 Å². The van der Waals surface area contributed by atoms with E-state index in [0.29, 0.717) is 0 Å². The minimum absolute atomic E-state index is 0.110. The fourth-order valence-corrected chi connectivity index (χ4v) is 1.95. The lowest BCUT2D eigenvalue weighted by atomic mass is 9.88. The molecule has 0 bridgehead atoms. The van der Waals surface area contributed by atoms with Gasteiger partial charge in [0, 0.05) is 5.56 Å². The molecule has 1 aromatic carbocycles. The minimum Gasteiger partial charge on any atom is -0.393 e. The van der Waals surface area contributed by atoms with Crippen molar-refractivity contribution in [3.63, 3.8) is 0 Å². The van der Waals surface area contributed by atoms with Gasteiger partial charge in [-0.1, -0.05) is 12.1 Å². The van der Waals surface area contributed by atoms with Gasteiger partial charge in [0.2, 0.25) is 0 Å². The number of carbonyl (C=O) groups excluding carboxylic acids is 1. The van der Waals surface area contributed by atoms with Crippen LogP contribution in [0.5, 0.6) is 0 Å². The number of hydrogen-bond donors (Lipinski definition) is 1. The van der Waals surface area contributed by atoms with Crippen LogP contribution in [-0.4, -0.2) is 17.0 Å². The minimum atomic E-state index is -0.203. The Morgan fingerprint density at radius 3 is 2.93 bits per heavy atom. The average Bonchev–Trinajstić information content (AvgIpc) is 2.16. The molecule has 14 heavy (non-hydrogen) atoms. The maximum absolute atomic E-state index is 11.1. The van der Waals surface area contributed by atoms with Gasteiger partial charge in [0.05, 0.1) is 6.10 Å². The van der Waals surface area contributed by atoms with Crippen molar-refractivity contribution in [1.82, 2.24) is 0 Å². The molecule has 0 aromatic heterocycles. The number of fused-ring (bicyclic) bond motifs is 1. The second kappa shape index (κ2) is 3.54. The number of Topliss-reactive ketones (excluding diaryl/α,β-unsaturated/α-hetero) is 1. The highest BCUT2D eigenvalue weighted by molar-refractivity contribution is 5.94. The van der Waals surface area contributed by atoms with E-state index in [9.17, 15) is 9.90 Å². The molecular weight excluding hydrogens is 176 g/mol. The van der Waals surface area contributed by atoms with Gasteiger partial charge in [-0.25, -0.2) is 0 Å². The molecular formula is C12H14O2. The van der Waals surface area contributed by atoms with Gasteiger partial charge >= 0.3 is 0 Å². The molecule has 1 aromatic rings. The van der Waals surface area contributed by atoms with E-state index in [0.717, 1.165) is 24.8 Å². The monoisotopic (exact) mass is 190 g/mol. The van der Waals surface area contributed by atoms with Crippen molar-refractivity contribution < 1.29 is 9.90 Å². The maximum Gasteiger partial charge on any atom is 0.159 e. The number of ketones is 1. The van der Waals surface area contributed by atoms with Crippen LogP contribution in [0.15, 0.2) is 18.2 Å². The Hall–Kier alpha value is -1.15. The standard InChI is InChI=1S/C12H14O2/c1-8(13)9-2-3-11-7-12(14)5-4-10(11)6-9/h2-3,6,12,14H,4-5,7H2,1H3. The van der Waals surface area contributed by atoms with Crippen LogP contribution in [0.3, 0.4) is 0 Å². The summed E-state index contributed by atoms with van der Waals surface area (Å²) in [6, 6.07) is 5.78. The highest BCUT2D eigenvalue weighted by atomic mass is 16.3. The van der Waals surface area contributed by atoms with Gasteiger partial charge in [-0.2, -0.15) is 0 Å².